The Labute approximate surface area is 84.2 Å². The summed E-state index contributed by atoms with van der Waals surface area (Å²) in [6.07, 6.45) is 0. The molecule has 0 aliphatic rings. The summed E-state index contributed by atoms with van der Waals surface area (Å²) >= 11 is 1.81. The first-order valence-corrected chi connectivity index (χ1v) is 5.60. The number of hydrogen-bond acceptors (Lipinski definition) is 3. The Balaban J connectivity index is 2.58. The summed E-state index contributed by atoms with van der Waals surface area (Å²) in [5.74, 6) is 0.616. The molecule has 0 saturated heterocycles. The minimum Gasteiger partial charge on any atom is -0.329 e. The van der Waals surface area contributed by atoms with E-state index in [4.69, 9.17) is 5.73 Å². The maximum atomic E-state index is 5.47. The predicted molar refractivity (Wildman–Crippen MR) is 59.0 cm³/mol. The van der Waals surface area contributed by atoms with Crippen LogP contribution >= 0.6 is 11.3 Å². The van der Waals surface area contributed by atoms with E-state index in [1.807, 2.05) is 0 Å². The van der Waals surface area contributed by atoms with E-state index in [1.165, 1.54) is 4.88 Å². The average Bonchev–Trinajstić information content (AvgIpc) is 2.57. The van der Waals surface area contributed by atoms with Gasteiger partial charge in [0.2, 0.25) is 0 Å². The SMILES string of the molecule is CC(C)C(NCCN)c1cccs1. The van der Waals surface area contributed by atoms with E-state index in [1.54, 1.807) is 11.3 Å². The molecule has 1 aromatic rings. The zero-order chi connectivity index (χ0) is 9.68. The summed E-state index contributed by atoms with van der Waals surface area (Å²) in [5.41, 5.74) is 5.47. The van der Waals surface area contributed by atoms with Crippen LogP contribution in [0.5, 0.6) is 0 Å². The molecule has 0 bridgehead atoms. The Morgan fingerprint density at radius 1 is 1.54 bits per heavy atom. The van der Waals surface area contributed by atoms with E-state index >= 15 is 0 Å². The minimum atomic E-state index is 0.462. The average molecular weight is 198 g/mol. The molecule has 0 aliphatic heterocycles. The molecule has 74 valence electrons. The van der Waals surface area contributed by atoms with Gasteiger partial charge in [0, 0.05) is 24.0 Å². The van der Waals surface area contributed by atoms with E-state index in [9.17, 15) is 0 Å². The van der Waals surface area contributed by atoms with Crippen molar-refractivity contribution in [1.29, 1.82) is 0 Å². The van der Waals surface area contributed by atoms with Gasteiger partial charge in [0.05, 0.1) is 0 Å². The Kier molecular flexibility index (Phi) is 4.42. The van der Waals surface area contributed by atoms with Crippen LogP contribution in [-0.2, 0) is 0 Å². The third-order valence-electron chi connectivity index (χ3n) is 2.02. The molecule has 13 heavy (non-hydrogen) atoms. The Morgan fingerprint density at radius 2 is 2.31 bits per heavy atom. The largest absolute Gasteiger partial charge is 0.329 e. The van der Waals surface area contributed by atoms with Crippen LogP contribution in [-0.4, -0.2) is 13.1 Å². The number of nitrogens with one attached hydrogen (secondary N) is 1. The summed E-state index contributed by atoms with van der Waals surface area (Å²) in [4.78, 5) is 1.41. The van der Waals surface area contributed by atoms with Gasteiger partial charge in [-0.2, -0.15) is 0 Å². The van der Waals surface area contributed by atoms with Crippen LogP contribution in [0.25, 0.3) is 0 Å². The topological polar surface area (TPSA) is 38.0 Å². The minimum absolute atomic E-state index is 0.462. The molecule has 0 saturated carbocycles. The first kappa shape index (κ1) is 10.7. The highest BCUT2D eigenvalue weighted by Crippen LogP contribution is 2.25. The first-order chi connectivity index (χ1) is 6.25. The Bertz CT molecular complexity index is 219. The van der Waals surface area contributed by atoms with Crippen molar-refractivity contribution in [2.75, 3.05) is 13.1 Å². The van der Waals surface area contributed by atoms with E-state index in [2.05, 4.69) is 36.7 Å². The molecule has 1 heterocycles. The van der Waals surface area contributed by atoms with Crippen LogP contribution in [0, 0.1) is 5.92 Å². The predicted octanol–water partition coefficient (Wildman–Crippen LogP) is 1.99. The van der Waals surface area contributed by atoms with Gasteiger partial charge in [-0.3, -0.25) is 0 Å². The lowest BCUT2D eigenvalue weighted by Crippen LogP contribution is -2.29. The number of rotatable bonds is 5. The summed E-state index contributed by atoms with van der Waals surface area (Å²) < 4.78 is 0. The standard InChI is InChI=1S/C10H18N2S/c1-8(2)10(12-6-5-11)9-4-3-7-13-9/h3-4,7-8,10,12H,5-6,11H2,1-2H3. The maximum absolute atomic E-state index is 5.47. The van der Waals surface area contributed by atoms with Crippen LogP contribution in [0.4, 0.5) is 0 Å². The molecule has 3 N–H and O–H groups in total. The summed E-state index contributed by atoms with van der Waals surface area (Å²) in [6, 6.07) is 4.74. The summed E-state index contributed by atoms with van der Waals surface area (Å²) in [6.45, 7) is 6.05. The number of thiophene rings is 1. The van der Waals surface area contributed by atoms with Gasteiger partial charge >= 0.3 is 0 Å². The second kappa shape index (κ2) is 5.37. The van der Waals surface area contributed by atoms with Gasteiger partial charge < -0.3 is 11.1 Å². The van der Waals surface area contributed by atoms with Crippen molar-refractivity contribution < 1.29 is 0 Å². The van der Waals surface area contributed by atoms with E-state index in [-0.39, 0.29) is 0 Å². The first-order valence-electron chi connectivity index (χ1n) is 4.72. The Hall–Kier alpha value is -0.380. The van der Waals surface area contributed by atoms with Gasteiger partial charge in [0.1, 0.15) is 0 Å². The van der Waals surface area contributed by atoms with Crippen molar-refractivity contribution in [3.8, 4) is 0 Å². The van der Waals surface area contributed by atoms with Gasteiger partial charge in [-0.25, -0.2) is 0 Å². The van der Waals surface area contributed by atoms with E-state index in [0.717, 1.165) is 6.54 Å². The fourth-order valence-electron chi connectivity index (χ4n) is 1.37. The molecule has 0 radical (unpaired) electrons. The fraction of sp³-hybridized carbons (Fsp3) is 0.600. The second-order valence-corrected chi connectivity index (χ2v) is 4.46. The number of nitrogens with two attached hydrogens (primary N) is 1. The van der Waals surface area contributed by atoms with Crippen LogP contribution in [0.15, 0.2) is 17.5 Å². The lowest BCUT2D eigenvalue weighted by Gasteiger charge is -2.20. The normalized spacial score (nSPS) is 13.5. The molecule has 0 aromatic carbocycles. The zero-order valence-corrected chi connectivity index (χ0v) is 9.10. The quantitative estimate of drug-likeness (QED) is 0.759. The summed E-state index contributed by atoms with van der Waals surface area (Å²) in [7, 11) is 0. The smallest absolute Gasteiger partial charge is 0.0438 e. The van der Waals surface area contributed by atoms with Crippen molar-refractivity contribution in [2.24, 2.45) is 11.7 Å². The molecular formula is C10H18N2S. The van der Waals surface area contributed by atoms with E-state index in [0.29, 0.717) is 18.5 Å². The lowest BCUT2D eigenvalue weighted by atomic mass is 10.0. The van der Waals surface area contributed by atoms with Crippen molar-refractivity contribution in [2.45, 2.75) is 19.9 Å². The third kappa shape index (κ3) is 3.10. The fourth-order valence-corrected chi connectivity index (χ4v) is 2.35. The second-order valence-electron chi connectivity index (χ2n) is 3.48. The van der Waals surface area contributed by atoms with Crippen molar-refractivity contribution in [1.82, 2.24) is 5.32 Å². The Morgan fingerprint density at radius 3 is 2.77 bits per heavy atom. The van der Waals surface area contributed by atoms with Crippen LogP contribution in [0.1, 0.15) is 24.8 Å². The van der Waals surface area contributed by atoms with Gasteiger partial charge in [-0.15, -0.1) is 11.3 Å². The van der Waals surface area contributed by atoms with Crippen LogP contribution in [0.3, 0.4) is 0 Å². The molecule has 1 atom stereocenters. The molecule has 1 aromatic heterocycles. The van der Waals surface area contributed by atoms with Crippen molar-refractivity contribution >= 4 is 11.3 Å². The molecule has 2 nitrogen and oxygen atoms in total. The van der Waals surface area contributed by atoms with Gasteiger partial charge in [0.15, 0.2) is 0 Å². The van der Waals surface area contributed by atoms with Gasteiger partial charge in [-0.1, -0.05) is 19.9 Å². The molecule has 0 aliphatic carbocycles. The highest BCUT2D eigenvalue weighted by Gasteiger charge is 2.14. The van der Waals surface area contributed by atoms with Crippen molar-refractivity contribution in [3.63, 3.8) is 0 Å². The lowest BCUT2D eigenvalue weighted by molar-refractivity contribution is 0.423. The zero-order valence-electron chi connectivity index (χ0n) is 8.29. The molecular weight excluding hydrogens is 180 g/mol. The maximum Gasteiger partial charge on any atom is 0.0438 e. The molecule has 0 fully saturated rings. The monoisotopic (exact) mass is 198 g/mol. The molecule has 1 unspecified atom stereocenters. The third-order valence-corrected chi connectivity index (χ3v) is 2.98. The van der Waals surface area contributed by atoms with E-state index < -0.39 is 0 Å². The van der Waals surface area contributed by atoms with Crippen molar-refractivity contribution in [3.05, 3.63) is 22.4 Å². The number of hydrogen-bond donors (Lipinski definition) is 2. The highest BCUT2D eigenvalue weighted by molar-refractivity contribution is 7.10. The highest BCUT2D eigenvalue weighted by atomic mass is 32.1. The van der Waals surface area contributed by atoms with Crippen LogP contribution < -0.4 is 11.1 Å². The molecule has 0 spiro atoms. The molecule has 3 heteroatoms. The molecule has 1 rings (SSSR count). The van der Waals surface area contributed by atoms with Gasteiger partial charge in [-0.05, 0) is 17.4 Å². The van der Waals surface area contributed by atoms with Gasteiger partial charge in [0.25, 0.3) is 0 Å². The molecule has 0 amide bonds. The summed E-state index contributed by atoms with van der Waals surface area (Å²) in [5, 5.41) is 5.58. The van der Waals surface area contributed by atoms with Crippen LogP contribution in [0.2, 0.25) is 0 Å².